The second-order valence-electron chi connectivity index (χ2n) is 4.42. The number of morpholine rings is 1. The molecular weight excluding hydrogens is 262 g/mol. The van der Waals surface area contributed by atoms with E-state index in [-0.39, 0.29) is 5.91 Å². The molecular formula is C13H15N3O2S. The number of nitrogens with zero attached hydrogens (tertiary/aromatic N) is 3. The van der Waals surface area contributed by atoms with Crippen molar-refractivity contribution in [1.82, 2.24) is 14.7 Å². The number of rotatable bonds is 2. The van der Waals surface area contributed by atoms with E-state index in [1.54, 1.807) is 16.0 Å². The molecule has 1 amide bonds. The van der Waals surface area contributed by atoms with Crippen LogP contribution in [0.3, 0.4) is 0 Å². The van der Waals surface area contributed by atoms with Crippen molar-refractivity contribution in [2.24, 2.45) is 7.05 Å². The molecule has 1 aliphatic heterocycles. The summed E-state index contributed by atoms with van der Waals surface area (Å²) in [5.74, 6) is 0.0288. The van der Waals surface area contributed by atoms with Crippen molar-refractivity contribution in [3.05, 3.63) is 29.3 Å². The lowest BCUT2D eigenvalue weighted by Gasteiger charge is -2.26. The van der Waals surface area contributed by atoms with Gasteiger partial charge in [-0.15, -0.1) is 11.3 Å². The fourth-order valence-corrected chi connectivity index (χ4v) is 2.82. The van der Waals surface area contributed by atoms with E-state index in [4.69, 9.17) is 4.74 Å². The molecule has 1 saturated heterocycles. The van der Waals surface area contributed by atoms with Gasteiger partial charge in [-0.2, -0.15) is 5.10 Å². The van der Waals surface area contributed by atoms with Gasteiger partial charge in [0.15, 0.2) is 0 Å². The second-order valence-corrected chi connectivity index (χ2v) is 5.37. The Kier molecular flexibility index (Phi) is 3.35. The lowest BCUT2D eigenvalue weighted by molar-refractivity contribution is 0.0295. The van der Waals surface area contributed by atoms with Crippen molar-refractivity contribution in [1.29, 1.82) is 0 Å². The maximum absolute atomic E-state index is 12.4. The molecule has 100 valence electrons. The standard InChI is InChI=1S/C13H15N3O2S/c1-15-11(13(17)16-4-6-18-7-5-16)9-10(14-15)12-3-2-8-19-12/h2-3,8-9H,4-7H2,1H3. The average molecular weight is 277 g/mol. The van der Waals surface area contributed by atoms with Crippen LogP contribution < -0.4 is 0 Å². The molecule has 0 bridgehead atoms. The number of aromatic nitrogens is 2. The largest absolute Gasteiger partial charge is 0.378 e. The molecule has 1 fully saturated rings. The summed E-state index contributed by atoms with van der Waals surface area (Å²) in [7, 11) is 1.81. The van der Waals surface area contributed by atoms with Crippen LogP contribution in [0.4, 0.5) is 0 Å². The Balaban J connectivity index is 1.86. The summed E-state index contributed by atoms with van der Waals surface area (Å²) in [5, 5.41) is 6.42. The van der Waals surface area contributed by atoms with Crippen LogP contribution in [0.5, 0.6) is 0 Å². The Bertz CT molecular complexity index is 571. The van der Waals surface area contributed by atoms with E-state index in [9.17, 15) is 4.79 Å². The summed E-state index contributed by atoms with van der Waals surface area (Å²) >= 11 is 1.62. The van der Waals surface area contributed by atoms with E-state index >= 15 is 0 Å². The van der Waals surface area contributed by atoms with Crippen LogP contribution >= 0.6 is 11.3 Å². The zero-order valence-electron chi connectivity index (χ0n) is 10.7. The van der Waals surface area contributed by atoms with Crippen LogP contribution in [-0.4, -0.2) is 46.9 Å². The van der Waals surface area contributed by atoms with Crippen LogP contribution in [0.25, 0.3) is 10.6 Å². The predicted octanol–water partition coefficient (Wildman–Crippen LogP) is 1.62. The quantitative estimate of drug-likeness (QED) is 0.838. The minimum Gasteiger partial charge on any atom is -0.378 e. The molecule has 3 heterocycles. The molecule has 6 heteroatoms. The van der Waals surface area contributed by atoms with Gasteiger partial charge in [-0.3, -0.25) is 9.48 Å². The molecule has 0 spiro atoms. The molecule has 3 rings (SSSR count). The monoisotopic (exact) mass is 277 g/mol. The van der Waals surface area contributed by atoms with Gasteiger partial charge in [-0.25, -0.2) is 0 Å². The fraction of sp³-hybridized carbons (Fsp3) is 0.385. The molecule has 0 radical (unpaired) electrons. The molecule has 0 saturated carbocycles. The van der Waals surface area contributed by atoms with Crippen LogP contribution in [0.15, 0.2) is 23.6 Å². The summed E-state index contributed by atoms with van der Waals surface area (Å²) < 4.78 is 6.93. The van der Waals surface area contributed by atoms with Gasteiger partial charge >= 0.3 is 0 Å². The summed E-state index contributed by atoms with van der Waals surface area (Å²) in [4.78, 5) is 15.3. The summed E-state index contributed by atoms with van der Waals surface area (Å²) in [6.45, 7) is 2.53. The van der Waals surface area contributed by atoms with Crippen LogP contribution in [0.2, 0.25) is 0 Å². The highest BCUT2D eigenvalue weighted by molar-refractivity contribution is 7.13. The summed E-state index contributed by atoms with van der Waals surface area (Å²) in [6, 6.07) is 5.86. The van der Waals surface area contributed by atoms with E-state index in [1.165, 1.54) is 0 Å². The molecule has 0 N–H and O–H groups in total. The van der Waals surface area contributed by atoms with E-state index in [0.717, 1.165) is 10.6 Å². The molecule has 1 aliphatic rings. The summed E-state index contributed by atoms with van der Waals surface area (Å²) in [6.07, 6.45) is 0. The topological polar surface area (TPSA) is 47.4 Å². The Hall–Kier alpha value is -1.66. The van der Waals surface area contributed by atoms with Crippen molar-refractivity contribution < 1.29 is 9.53 Å². The van der Waals surface area contributed by atoms with E-state index in [2.05, 4.69) is 5.10 Å². The number of ether oxygens (including phenoxy) is 1. The lowest BCUT2D eigenvalue weighted by atomic mass is 10.2. The normalized spacial score (nSPS) is 15.7. The average Bonchev–Trinajstić information content (AvgIpc) is 3.08. The number of hydrogen-bond acceptors (Lipinski definition) is 4. The van der Waals surface area contributed by atoms with Gasteiger partial charge in [0.1, 0.15) is 11.4 Å². The third-order valence-corrected chi connectivity index (χ3v) is 4.06. The van der Waals surface area contributed by atoms with Crippen LogP contribution in [-0.2, 0) is 11.8 Å². The third-order valence-electron chi connectivity index (χ3n) is 3.17. The zero-order valence-corrected chi connectivity index (χ0v) is 11.5. The molecule has 0 atom stereocenters. The maximum atomic E-state index is 12.4. The molecule has 19 heavy (non-hydrogen) atoms. The van der Waals surface area contributed by atoms with Gasteiger partial charge in [0.2, 0.25) is 0 Å². The summed E-state index contributed by atoms with van der Waals surface area (Å²) in [5.41, 5.74) is 1.49. The lowest BCUT2D eigenvalue weighted by Crippen LogP contribution is -2.41. The molecule has 2 aromatic rings. The van der Waals surface area contributed by atoms with Crippen molar-refractivity contribution in [2.75, 3.05) is 26.3 Å². The van der Waals surface area contributed by atoms with Crippen molar-refractivity contribution >= 4 is 17.2 Å². The van der Waals surface area contributed by atoms with E-state index in [1.807, 2.05) is 35.5 Å². The molecule has 0 aliphatic carbocycles. The first-order chi connectivity index (χ1) is 9.25. The Morgan fingerprint density at radius 3 is 2.89 bits per heavy atom. The first-order valence-corrected chi connectivity index (χ1v) is 7.08. The van der Waals surface area contributed by atoms with Gasteiger partial charge < -0.3 is 9.64 Å². The van der Waals surface area contributed by atoms with Gasteiger partial charge in [0.25, 0.3) is 5.91 Å². The maximum Gasteiger partial charge on any atom is 0.272 e. The second kappa shape index (κ2) is 5.14. The molecule has 2 aromatic heterocycles. The van der Waals surface area contributed by atoms with E-state index < -0.39 is 0 Å². The van der Waals surface area contributed by atoms with Gasteiger partial charge in [0, 0.05) is 20.1 Å². The zero-order chi connectivity index (χ0) is 13.2. The Labute approximate surface area is 115 Å². The van der Waals surface area contributed by atoms with Gasteiger partial charge in [-0.05, 0) is 17.5 Å². The predicted molar refractivity (Wildman–Crippen MR) is 73.2 cm³/mol. The first kappa shape index (κ1) is 12.4. The minimum atomic E-state index is 0.0288. The highest BCUT2D eigenvalue weighted by Gasteiger charge is 2.22. The van der Waals surface area contributed by atoms with Crippen molar-refractivity contribution in [3.63, 3.8) is 0 Å². The molecule has 5 nitrogen and oxygen atoms in total. The highest BCUT2D eigenvalue weighted by Crippen LogP contribution is 2.24. The van der Waals surface area contributed by atoms with Crippen LogP contribution in [0.1, 0.15) is 10.5 Å². The smallest absolute Gasteiger partial charge is 0.272 e. The SMILES string of the molecule is Cn1nc(-c2cccs2)cc1C(=O)N1CCOCC1. The van der Waals surface area contributed by atoms with Crippen molar-refractivity contribution in [3.8, 4) is 10.6 Å². The number of aryl methyl sites for hydroxylation is 1. The first-order valence-electron chi connectivity index (χ1n) is 6.20. The van der Waals surface area contributed by atoms with Gasteiger partial charge in [-0.1, -0.05) is 6.07 Å². The molecule has 0 unspecified atom stereocenters. The number of carbonyl (C=O) groups excluding carboxylic acids is 1. The minimum absolute atomic E-state index is 0.0288. The number of amides is 1. The van der Waals surface area contributed by atoms with Gasteiger partial charge in [0.05, 0.1) is 18.1 Å². The number of carbonyl (C=O) groups is 1. The van der Waals surface area contributed by atoms with E-state index in [0.29, 0.717) is 32.0 Å². The Morgan fingerprint density at radius 2 is 2.21 bits per heavy atom. The number of hydrogen-bond donors (Lipinski definition) is 0. The number of thiophene rings is 1. The highest BCUT2D eigenvalue weighted by atomic mass is 32.1. The fourth-order valence-electron chi connectivity index (χ4n) is 2.14. The van der Waals surface area contributed by atoms with Crippen LogP contribution in [0, 0.1) is 0 Å². The van der Waals surface area contributed by atoms with Crippen molar-refractivity contribution in [2.45, 2.75) is 0 Å². The Morgan fingerprint density at radius 1 is 1.42 bits per heavy atom. The molecule has 0 aromatic carbocycles. The third kappa shape index (κ3) is 2.41.